The van der Waals surface area contributed by atoms with Gasteiger partial charge in [-0.1, -0.05) is 25.1 Å². The zero-order chi connectivity index (χ0) is 31.2. The molecule has 0 radical (unpaired) electrons. The largest absolute Gasteiger partial charge is 0.473 e. The monoisotopic (exact) mass is 588 g/mol. The summed E-state index contributed by atoms with van der Waals surface area (Å²) >= 11 is 0. The third-order valence-electron chi connectivity index (χ3n) is 6.13. The molecule has 0 amide bonds. The minimum Gasteiger partial charge on any atom is -0.473 e. The number of aromatic nitrogens is 2. The van der Waals surface area contributed by atoms with E-state index in [-0.39, 0.29) is 5.82 Å². The molecule has 0 aliphatic carbocycles. The molecule has 4 rings (SSSR count). The number of halogens is 1. The van der Waals surface area contributed by atoms with Gasteiger partial charge in [0.15, 0.2) is 0 Å². The van der Waals surface area contributed by atoms with Crippen LogP contribution in [0.5, 0.6) is 11.6 Å². The van der Waals surface area contributed by atoms with E-state index < -0.39 is 23.9 Å². The number of rotatable bonds is 7. The molecule has 1 saturated heterocycles. The minimum atomic E-state index is -1.82. The number of benzene rings is 2. The van der Waals surface area contributed by atoms with Crippen molar-refractivity contribution in [3.05, 3.63) is 71.7 Å². The molecule has 0 unspecified atom stereocenters. The van der Waals surface area contributed by atoms with Crippen molar-refractivity contribution in [3.8, 4) is 17.3 Å². The van der Waals surface area contributed by atoms with Crippen LogP contribution in [0.4, 0.5) is 4.39 Å². The summed E-state index contributed by atoms with van der Waals surface area (Å²) in [5, 5.41) is 38.0. The predicted molar refractivity (Wildman–Crippen MR) is 147 cm³/mol. The molecule has 0 bridgehead atoms. The Morgan fingerprint density at radius 2 is 1.43 bits per heavy atom. The van der Waals surface area contributed by atoms with Crippen molar-refractivity contribution < 1.29 is 48.7 Å². The lowest BCUT2D eigenvalue weighted by molar-refractivity contribution is -0.159. The van der Waals surface area contributed by atoms with E-state index in [9.17, 15) is 4.39 Å². The van der Waals surface area contributed by atoms with Crippen LogP contribution in [-0.4, -0.2) is 84.7 Å². The van der Waals surface area contributed by atoms with E-state index >= 15 is 0 Å². The van der Waals surface area contributed by atoms with Crippen LogP contribution in [-0.2, 0) is 25.7 Å². The van der Waals surface area contributed by atoms with Crippen molar-refractivity contribution in [3.63, 3.8) is 0 Å². The molecular weight excluding hydrogens is 555 g/mol. The second-order valence-electron chi connectivity index (χ2n) is 8.98. The fourth-order valence-electron chi connectivity index (χ4n) is 3.90. The van der Waals surface area contributed by atoms with Crippen LogP contribution in [0, 0.1) is 12.7 Å². The maximum Gasteiger partial charge on any atom is 0.414 e. The second-order valence-corrected chi connectivity index (χ2v) is 8.98. The number of ether oxygens (including phenoxy) is 1. The molecule has 13 nitrogen and oxygen atoms in total. The summed E-state index contributed by atoms with van der Waals surface area (Å²) in [6.07, 6.45) is 2.29. The molecule has 1 aromatic heterocycles. The van der Waals surface area contributed by atoms with Crippen LogP contribution in [0.2, 0.25) is 0 Å². The topological polar surface area (TPSA) is 192 Å². The first kappa shape index (κ1) is 33.4. The number of carbonyl (C=O) groups is 4. The first-order chi connectivity index (χ1) is 19.9. The third kappa shape index (κ3) is 10.6. The number of aliphatic carboxylic acids is 4. The van der Waals surface area contributed by atoms with E-state index in [4.69, 9.17) is 49.4 Å². The van der Waals surface area contributed by atoms with E-state index in [1.165, 1.54) is 12.1 Å². The summed E-state index contributed by atoms with van der Waals surface area (Å²) in [4.78, 5) is 38.9. The summed E-state index contributed by atoms with van der Waals surface area (Å²) in [5.41, 5.74) is 2.88. The number of aryl methyl sites for hydroxylation is 1. The summed E-state index contributed by atoms with van der Waals surface area (Å²) < 4.78 is 21.4. The zero-order valence-electron chi connectivity index (χ0n) is 23.1. The average molecular weight is 589 g/mol. The van der Waals surface area contributed by atoms with Crippen LogP contribution >= 0.6 is 0 Å². The highest BCUT2D eigenvalue weighted by Crippen LogP contribution is 2.31. The zero-order valence-corrected chi connectivity index (χ0v) is 23.1. The number of hydrogen-bond donors (Lipinski definition) is 5. The Labute approximate surface area is 240 Å². The highest BCUT2D eigenvalue weighted by Gasteiger charge is 2.22. The van der Waals surface area contributed by atoms with Gasteiger partial charge in [-0.05, 0) is 75.8 Å². The normalized spacial score (nSPS) is 13.1. The van der Waals surface area contributed by atoms with E-state index in [1.807, 2.05) is 41.9 Å². The molecule has 42 heavy (non-hydrogen) atoms. The Balaban J connectivity index is 0.000000434. The molecule has 1 fully saturated rings. The summed E-state index contributed by atoms with van der Waals surface area (Å²) in [7, 11) is 0. The Morgan fingerprint density at radius 3 is 1.90 bits per heavy atom. The van der Waals surface area contributed by atoms with Crippen LogP contribution in [0.1, 0.15) is 31.0 Å². The van der Waals surface area contributed by atoms with Gasteiger partial charge in [-0.25, -0.2) is 28.3 Å². The molecule has 0 atom stereocenters. The number of para-hydroxylation sites is 1. The van der Waals surface area contributed by atoms with E-state index in [0.29, 0.717) is 24.2 Å². The smallest absolute Gasteiger partial charge is 0.414 e. The molecule has 2 heterocycles. The molecule has 2 aromatic carbocycles. The third-order valence-corrected chi connectivity index (χ3v) is 6.13. The minimum absolute atomic E-state index is 0.282. The van der Waals surface area contributed by atoms with Crippen molar-refractivity contribution in [2.45, 2.75) is 39.3 Å². The molecule has 1 aliphatic rings. The molecule has 0 saturated carbocycles. The van der Waals surface area contributed by atoms with Crippen molar-refractivity contribution in [1.82, 2.24) is 20.0 Å². The van der Waals surface area contributed by atoms with Gasteiger partial charge in [-0.2, -0.15) is 5.10 Å². The number of nitrogens with zero attached hydrogens (tertiary/aromatic N) is 3. The Kier molecular flexibility index (Phi) is 13.1. The Morgan fingerprint density at radius 1 is 0.905 bits per heavy atom. The van der Waals surface area contributed by atoms with E-state index in [0.717, 1.165) is 49.4 Å². The van der Waals surface area contributed by atoms with Gasteiger partial charge >= 0.3 is 23.9 Å². The molecule has 226 valence electrons. The predicted octanol–water partition coefficient (Wildman–Crippen LogP) is 3.00. The average Bonchev–Trinajstić information content (AvgIpc) is 3.28. The van der Waals surface area contributed by atoms with Crippen molar-refractivity contribution >= 4 is 23.9 Å². The van der Waals surface area contributed by atoms with Crippen molar-refractivity contribution in [2.75, 3.05) is 19.6 Å². The quantitative estimate of drug-likeness (QED) is 0.254. The van der Waals surface area contributed by atoms with Crippen LogP contribution in [0.15, 0.2) is 54.6 Å². The highest BCUT2D eigenvalue weighted by molar-refractivity contribution is 6.27. The summed E-state index contributed by atoms with van der Waals surface area (Å²) in [6, 6.07) is 16.5. The number of carboxylic acids is 4. The van der Waals surface area contributed by atoms with Gasteiger partial charge in [0.25, 0.3) is 0 Å². The van der Waals surface area contributed by atoms with Gasteiger partial charge in [0.1, 0.15) is 11.6 Å². The number of piperidine rings is 1. The molecule has 0 spiro atoms. The lowest BCUT2D eigenvalue weighted by Crippen LogP contribution is -2.42. The van der Waals surface area contributed by atoms with Gasteiger partial charge in [0.2, 0.25) is 5.88 Å². The van der Waals surface area contributed by atoms with Gasteiger partial charge in [0.05, 0.1) is 16.9 Å². The standard InChI is InChI=1S/C24H29FN4O.2C2H2O4/c1-3-28-15-13-20(14-16-28)26-17-23-18(2)27-29(21-7-5-4-6-8-21)24(23)30-22-11-9-19(25)10-12-22;2*3-1(4)2(5)6/h4-12,20,26H,3,13-17H2,1-2H3;2*(H,3,4)(H,5,6). The number of likely N-dealkylation sites (tertiary alicyclic amines) is 1. The van der Waals surface area contributed by atoms with E-state index in [2.05, 4.69) is 17.1 Å². The SMILES string of the molecule is CCN1CCC(NCc2c(C)nn(-c3ccccc3)c2Oc2ccc(F)cc2)CC1.O=C(O)C(=O)O.O=C(O)C(=O)O. The van der Waals surface area contributed by atoms with Crippen LogP contribution < -0.4 is 10.1 Å². The Hall–Kier alpha value is -4.82. The van der Waals surface area contributed by atoms with Crippen LogP contribution in [0.25, 0.3) is 5.69 Å². The number of nitrogens with one attached hydrogen (secondary N) is 1. The van der Waals surface area contributed by atoms with Gasteiger partial charge in [-0.15, -0.1) is 0 Å². The summed E-state index contributed by atoms with van der Waals surface area (Å²) in [5.74, 6) is -6.32. The fourth-order valence-corrected chi connectivity index (χ4v) is 3.90. The summed E-state index contributed by atoms with van der Waals surface area (Å²) in [6.45, 7) is 8.30. The highest BCUT2D eigenvalue weighted by atomic mass is 19.1. The van der Waals surface area contributed by atoms with Gasteiger partial charge < -0.3 is 35.4 Å². The van der Waals surface area contributed by atoms with Crippen molar-refractivity contribution in [2.24, 2.45) is 0 Å². The maximum atomic E-state index is 13.3. The molecule has 1 aliphatic heterocycles. The van der Waals surface area contributed by atoms with Gasteiger partial charge in [0, 0.05) is 12.6 Å². The molecule has 3 aromatic rings. The first-order valence-electron chi connectivity index (χ1n) is 12.9. The van der Waals surface area contributed by atoms with E-state index in [1.54, 1.807) is 12.1 Å². The lowest BCUT2D eigenvalue weighted by atomic mass is 10.0. The number of hydrogen-bond acceptors (Lipinski definition) is 8. The maximum absolute atomic E-state index is 13.3. The number of carboxylic acid groups (broad SMARTS) is 4. The molecule has 14 heteroatoms. The fraction of sp³-hybridized carbons (Fsp3) is 0.321. The molecular formula is C28H33FN4O9. The molecule has 5 N–H and O–H groups in total. The second kappa shape index (κ2) is 16.4. The van der Waals surface area contributed by atoms with Crippen LogP contribution in [0.3, 0.4) is 0 Å². The first-order valence-corrected chi connectivity index (χ1v) is 12.9. The van der Waals surface area contributed by atoms with Crippen molar-refractivity contribution in [1.29, 1.82) is 0 Å². The van der Waals surface area contributed by atoms with Gasteiger partial charge in [-0.3, -0.25) is 0 Å². The Bertz CT molecular complexity index is 1290. The lowest BCUT2D eigenvalue weighted by Gasteiger charge is -2.31.